The van der Waals surface area contributed by atoms with Crippen molar-refractivity contribution in [2.75, 3.05) is 5.32 Å². The van der Waals surface area contributed by atoms with Gasteiger partial charge < -0.3 is 5.32 Å². The van der Waals surface area contributed by atoms with E-state index in [1.807, 2.05) is 27.7 Å². The first-order valence-corrected chi connectivity index (χ1v) is 22.2. The maximum atomic E-state index is 4.10. The number of anilines is 1. The highest BCUT2D eigenvalue weighted by Gasteiger charge is 2.45. The van der Waals surface area contributed by atoms with Crippen LogP contribution in [-0.2, 0) is 11.8 Å². The Kier molecular flexibility index (Phi) is 12.7. The number of nitrogens with one attached hydrogen (secondary N) is 1. The molecule has 4 atom stereocenters. The molecule has 0 aromatic heterocycles. The second kappa shape index (κ2) is 18.1. The first-order chi connectivity index (χ1) is 28.9. The Bertz CT molecular complexity index is 2450. The van der Waals surface area contributed by atoms with Crippen LogP contribution in [0.1, 0.15) is 102 Å². The fourth-order valence-electron chi connectivity index (χ4n) is 10.2. The molecule has 300 valence electrons. The standard InChI is InChI=1S/C35H27N.C19H24.2C2H6/c1-2-8-24(9-3-1)36-34-15-7-14-27(31-19-17-23-20-32(23)35(31)34)30-18-16-22-21-33-28(12-6-13-29(30)33)26-11-5-4-10-25(22)26;1-6-11-14(7-2)18-15-12-9-10-13-17(15)19(4,5)16(18)8-3;2*1-2/h1-13,15-19,23,32,36H,14,20-21H2;6-13,16,18H,3H2,1-2,4-5H3;2*1-2H3/b;11-6-,14-7+;;. The smallest absolute Gasteiger partial charge is 0.0422 e. The largest absolute Gasteiger partial charge is 0.355 e. The first kappa shape index (κ1) is 41.5. The molecule has 4 aromatic carbocycles. The van der Waals surface area contributed by atoms with Crippen molar-refractivity contribution in [1.29, 1.82) is 0 Å². The monoisotopic (exact) mass is 773 g/mol. The normalized spacial score (nSPS) is 22.2. The lowest BCUT2D eigenvalue weighted by molar-refractivity contribution is 0.392. The van der Waals surface area contributed by atoms with Crippen LogP contribution in [0.4, 0.5) is 5.69 Å². The molecule has 4 unspecified atom stereocenters. The maximum absolute atomic E-state index is 4.10. The highest BCUT2D eigenvalue weighted by atomic mass is 14.9. The molecule has 59 heavy (non-hydrogen) atoms. The van der Waals surface area contributed by atoms with Crippen molar-refractivity contribution in [3.05, 3.63) is 220 Å². The third kappa shape index (κ3) is 7.69. The van der Waals surface area contributed by atoms with E-state index in [0.29, 0.717) is 23.7 Å². The lowest BCUT2D eigenvalue weighted by Crippen LogP contribution is -2.24. The van der Waals surface area contributed by atoms with Crippen molar-refractivity contribution in [2.45, 2.75) is 86.0 Å². The summed E-state index contributed by atoms with van der Waals surface area (Å²) in [4.78, 5) is 0. The molecule has 1 nitrogen and oxygen atoms in total. The lowest BCUT2D eigenvalue weighted by atomic mass is 9.74. The Hall–Kier alpha value is -5.66. The molecule has 2 bridgehead atoms. The fourth-order valence-corrected chi connectivity index (χ4v) is 10.2. The van der Waals surface area contributed by atoms with Gasteiger partial charge in [0.15, 0.2) is 0 Å². The average Bonchev–Trinajstić information content (AvgIpc) is 4.09. The molecule has 0 aliphatic heterocycles. The number of allylic oxidation sites excluding steroid dienone is 16. The predicted octanol–water partition coefficient (Wildman–Crippen LogP) is 16.0. The predicted molar refractivity (Wildman–Crippen MR) is 257 cm³/mol. The highest BCUT2D eigenvalue weighted by molar-refractivity contribution is 5.97. The Morgan fingerprint density at radius 3 is 2.20 bits per heavy atom. The van der Waals surface area contributed by atoms with E-state index in [1.165, 1.54) is 84.5 Å². The van der Waals surface area contributed by atoms with Crippen LogP contribution >= 0.6 is 0 Å². The summed E-state index contributed by atoms with van der Waals surface area (Å²) in [5.41, 5.74) is 21.1. The molecule has 10 rings (SSSR count). The van der Waals surface area contributed by atoms with Gasteiger partial charge in [0.25, 0.3) is 0 Å². The summed E-state index contributed by atoms with van der Waals surface area (Å²) >= 11 is 0. The number of rotatable bonds is 6. The van der Waals surface area contributed by atoms with E-state index in [-0.39, 0.29) is 5.41 Å². The number of fused-ring (bicyclic) bond motifs is 8. The third-order valence-corrected chi connectivity index (χ3v) is 12.9. The van der Waals surface area contributed by atoms with Crippen LogP contribution in [0.2, 0.25) is 0 Å². The van der Waals surface area contributed by atoms with Gasteiger partial charge in [0, 0.05) is 17.3 Å². The quantitative estimate of drug-likeness (QED) is 0.152. The highest BCUT2D eigenvalue weighted by Crippen LogP contribution is 2.56. The van der Waals surface area contributed by atoms with Gasteiger partial charge in [0.05, 0.1) is 0 Å². The minimum atomic E-state index is 0.152. The van der Waals surface area contributed by atoms with E-state index >= 15 is 0 Å². The van der Waals surface area contributed by atoms with Crippen molar-refractivity contribution in [2.24, 2.45) is 17.8 Å². The van der Waals surface area contributed by atoms with Gasteiger partial charge in [-0.1, -0.05) is 181 Å². The molecule has 1 heteroatoms. The molecule has 0 radical (unpaired) electrons. The minimum absolute atomic E-state index is 0.152. The van der Waals surface area contributed by atoms with Crippen LogP contribution in [0, 0.1) is 17.8 Å². The van der Waals surface area contributed by atoms with Crippen molar-refractivity contribution in [3.63, 3.8) is 0 Å². The van der Waals surface area contributed by atoms with E-state index in [1.54, 1.807) is 0 Å². The molecule has 1 fully saturated rings. The van der Waals surface area contributed by atoms with Gasteiger partial charge in [-0.2, -0.15) is 0 Å². The van der Waals surface area contributed by atoms with Crippen LogP contribution in [0.5, 0.6) is 0 Å². The van der Waals surface area contributed by atoms with Gasteiger partial charge in [-0.25, -0.2) is 0 Å². The summed E-state index contributed by atoms with van der Waals surface area (Å²) in [6.07, 6.45) is 26.3. The molecule has 0 amide bonds. The van der Waals surface area contributed by atoms with Gasteiger partial charge in [0.1, 0.15) is 0 Å². The molecular formula is C58H63N. The SMILES string of the molecule is C1=CC(Nc2ccccc2)=C2C(=C(C3=CC=C4Cc5c3cccc5-c3ccccc34)C1)C=CC1CC21.C=CC1C(C(/C=C\C)=C/C)c2ccccc2C1(C)C.CC.CC. The summed E-state index contributed by atoms with van der Waals surface area (Å²) in [5, 5.41) is 3.76. The number of para-hydroxylation sites is 1. The summed E-state index contributed by atoms with van der Waals surface area (Å²) in [7, 11) is 0. The Labute approximate surface area is 355 Å². The molecule has 0 saturated heterocycles. The van der Waals surface area contributed by atoms with E-state index in [0.717, 1.165) is 18.5 Å². The average molecular weight is 774 g/mol. The molecule has 6 aliphatic carbocycles. The van der Waals surface area contributed by atoms with Gasteiger partial charge in [-0.15, -0.1) is 6.58 Å². The molecule has 1 saturated carbocycles. The van der Waals surface area contributed by atoms with Crippen LogP contribution in [-0.4, -0.2) is 0 Å². The zero-order chi connectivity index (χ0) is 41.7. The van der Waals surface area contributed by atoms with Crippen LogP contribution in [0.3, 0.4) is 0 Å². The summed E-state index contributed by atoms with van der Waals surface area (Å²) in [6, 6.07) is 35.2. The van der Waals surface area contributed by atoms with Crippen molar-refractivity contribution in [3.8, 4) is 11.1 Å². The zero-order valence-electron chi connectivity index (χ0n) is 36.6. The number of hydrogen-bond acceptors (Lipinski definition) is 1. The number of hydrogen-bond donors (Lipinski definition) is 1. The molecule has 4 aromatic rings. The van der Waals surface area contributed by atoms with E-state index < -0.39 is 0 Å². The van der Waals surface area contributed by atoms with Gasteiger partial charge in [-0.3, -0.25) is 0 Å². The molecule has 0 heterocycles. The van der Waals surface area contributed by atoms with Gasteiger partial charge in [-0.05, 0) is 147 Å². The molecule has 6 aliphatic rings. The lowest BCUT2D eigenvalue weighted by Gasteiger charge is -2.29. The fraction of sp³-hybridized carbons (Fsp3) is 0.276. The van der Waals surface area contributed by atoms with E-state index in [9.17, 15) is 0 Å². The third-order valence-electron chi connectivity index (χ3n) is 12.9. The number of benzene rings is 4. The molecule has 0 spiro atoms. The Balaban J connectivity index is 0.000000195. The second-order valence-corrected chi connectivity index (χ2v) is 16.3. The second-order valence-electron chi connectivity index (χ2n) is 16.3. The molecule has 1 N–H and O–H groups in total. The van der Waals surface area contributed by atoms with Crippen molar-refractivity contribution < 1.29 is 0 Å². The van der Waals surface area contributed by atoms with Crippen LogP contribution in [0.25, 0.3) is 22.3 Å². The summed E-state index contributed by atoms with van der Waals surface area (Å²) in [6.45, 7) is 21.0. The van der Waals surface area contributed by atoms with E-state index in [2.05, 4.69) is 197 Å². The first-order valence-electron chi connectivity index (χ1n) is 22.2. The van der Waals surface area contributed by atoms with Crippen molar-refractivity contribution >= 4 is 16.8 Å². The summed E-state index contributed by atoms with van der Waals surface area (Å²) < 4.78 is 0. The van der Waals surface area contributed by atoms with Gasteiger partial charge in [0.2, 0.25) is 0 Å². The van der Waals surface area contributed by atoms with Crippen LogP contribution < -0.4 is 5.32 Å². The summed E-state index contributed by atoms with van der Waals surface area (Å²) in [5.74, 6) is 2.20. The Morgan fingerprint density at radius 2 is 1.46 bits per heavy atom. The van der Waals surface area contributed by atoms with Crippen LogP contribution in [0.15, 0.2) is 192 Å². The van der Waals surface area contributed by atoms with Crippen molar-refractivity contribution in [1.82, 2.24) is 0 Å². The topological polar surface area (TPSA) is 12.0 Å². The molecular weight excluding hydrogens is 711 g/mol. The zero-order valence-corrected chi connectivity index (χ0v) is 36.6. The minimum Gasteiger partial charge on any atom is -0.355 e. The maximum Gasteiger partial charge on any atom is 0.0422 e. The van der Waals surface area contributed by atoms with Gasteiger partial charge >= 0.3 is 0 Å². The Morgan fingerprint density at radius 1 is 0.763 bits per heavy atom. The van der Waals surface area contributed by atoms with E-state index in [4.69, 9.17) is 0 Å².